The molecule has 0 spiro atoms. The fraction of sp³-hybridized carbons (Fsp3) is 0.600. The van der Waals surface area contributed by atoms with Crippen molar-refractivity contribution in [3.8, 4) is 0 Å². The van der Waals surface area contributed by atoms with Gasteiger partial charge in [-0.1, -0.05) is 0 Å². The van der Waals surface area contributed by atoms with Crippen LogP contribution in [0.15, 0.2) is 0 Å². The van der Waals surface area contributed by atoms with Crippen molar-refractivity contribution < 1.29 is 39.7 Å². The van der Waals surface area contributed by atoms with Gasteiger partial charge in [-0.2, -0.15) is 0 Å². The van der Waals surface area contributed by atoms with Crippen molar-refractivity contribution >= 4 is 15.8 Å². The second kappa shape index (κ2) is 54.8. The maximum atomic E-state index is 7.50. The van der Waals surface area contributed by atoms with Gasteiger partial charge in [-0.25, -0.2) is 0 Å². The Hall–Kier alpha value is 0.508. The first-order chi connectivity index (χ1) is 7.63. The van der Waals surface area contributed by atoms with E-state index in [9.17, 15) is 0 Å². The first-order valence-corrected chi connectivity index (χ1v) is 8.58. The molecule has 0 saturated carbocycles. The van der Waals surface area contributed by atoms with Crippen molar-refractivity contribution in [1.82, 2.24) is 0 Å². The minimum absolute atomic E-state index is 0. The number of rotatable bonds is 3. The molecule has 17 heavy (non-hydrogen) atoms. The van der Waals surface area contributed by atoms with Crippen molar-refractivity contribution in [3.05, 3.63) is 26.6 Å². The van der Waals surface area contributed by atoms with Crippen LogP contribution in [0, 0.1) is 26.6 Å². The van der Waals surface area contributed by atoms with Gasteiger partial charge in [-0.05, 0) is 39.0 Å². The van der Waals surface area contributed by atoms with Crippen molar-refractivity contribution in [2.75, 3.05) is 39.0 Å². The van der Waals surface area contributed by atoms with Crippen LogP contribution in [-0.2, 0) is 39.7 Å². The minimum Gasteiger partial charge on any atom is 0 e. The zero-order chi connectivity index (χ0) is 14.6. The molecule has 0 heterocycles. The predicted octanol–water partition coefficient (Wildman–Crippen LogP) is 2.32. The molecule has 0 aliphatic rings. The van der Waals surface area contributed by atoms with Crippen LogP contribution >= 0.6 is 15.8 Å². The predicted molar refractivity (Wildman–Crippen MR) is 63.0 cm³/mol. The maximum Gasteiger partial charge on any atom is 0 e. The van der Waals surface area contributed by atoms with E-state index < -0.39 is 0 Å². The van der Waals surface area contributed by atoms with Gasteiger partial charge in [0.15, 0.2) is 0 Å². The summed E-state index contributed by atoms with van der Waals surface area (Å²) in [6.07, 6.45) is 2.96. The smallest absolute Gasteiger partial charge is 0 e. The summed E-state index contributed by atoms with van der Waals surface area (Å²) >= 11 is 0. The van der Waals surface area contributed by atoms with E-state index in [-0.39, 0.29) is 21.1 Å². The van der Waals surface area contributed by atoms with Gasteiger partial charge in [0, 0.05) is 21.1 Å². The van der Waals surface area contributed by atoms with Gasteiger partial charge in [-0.3, -0.25) is 0 Å². The standard InChI is InChI=1S/C6H16P2.4CO.W/c1-7(2)5-6-8(3)4;4*1-2;/h5-6H2,1-4H3;;;;;. The molecule has 0 unspecified atom stereocenters. The molecule has 0 radical (unpaired) electrons. The second-order valence-electron chi connectivity index (χ2n) is 2.61. The first-order valence-electron chi connectivity index (χ1n) is 3.74. The second-order valence-corrected chi connectivity index (χ2v) is 7.82. The molecule has 0 aromatic rings. The van der Waals surface area contributed by atoms with Gasteiger partial charge in [0.1, 0.15) is 0 Å². The van der Waals surface area contributed by atoms with Crippen molar-refractivity contribution in [2.24, 2.45) is 0 Å². The van der Waals surface area contributed by atoms with Crippen LogP contribution in [0.25, 0.3) is 0 Å². The van der Waals surface area contributed by atoms with E-state index in [4.69, 9.17) is 18.6 Å². The van der Waals surface area contributed by atoms with E-state index in [1.807, 2.05) is 0 Å². The van der Waals surface area contributed by atoms with Crippen molar-refractivity contribution in [1.29, 1.82) is 0 Å². The molecule has 96 valence electrons. The summed E-state index contributed by atoms with van der Waals surface area (Å²) in [5.41, 5.74) is 0. The molecule has 0 atom stereocenters. The molecule has 0 aromatic heterocycles. The summed E-state index contributed by atoms with van der Waals surface area (Å²) in [5, 5.41) is 0. The van der Waals surface area contributed by atoms with E-state index in [1.165, 1.54) is 12.3 Å². The fourth-order valence-corrected chi connectivity index (χ4v) is 3.60. The average molecular weight is 446 g/mol. The average Bonchev–Trinajstić information content (AvgIpc) is 2.36. The third-order valence-corrected chi connectivity index (χ3v) is 3.58. The molecule has 0 bridgehead atoms. The van der Waals surface area contributed by atoms with E-state index in [2.05, 4.69) is 53.3 Å². The number of hydrogen-bond donors (Lipinski definition) is 0. The molecule has 0 aliphatic carbocycles. The Kier molecular flexibility index (Phi) is 116. The van der Waals surface area contributed by atoms with Crippen LogP contribution in [-0.4, -0.2) is 39.0 Å². The zero-order valence-electron chi connectivity index (χ0n) is 10.3. The first kappa shape index (κ1) is 36.0. The molecule has 0 rings (SSSR count). The quantitative estimate of drug-likeness (QED) is 0.363. The van der Waals surface area contributed by atoms with E-state index in [0.717, 1.165) is 0 Å². The molecule has 7 heteroatoms. The largest absolute Gasteiger partial charge is 0 e. The van der Waals surface area contributed by atoms with Crippen molar-refractivity contribution in [3.63, 3.8) is 0 Å². The van der Waals surface area contributed by atoms with E-state index >= 15 is 0 Å². The van der Waals surface area contributed by atoms with Gasteiger partial charge in [0.25, 0.3) is 0 Å². The monoisotopic (exact) mass is 446 g/mol. The van der Waals surface area contributed by atoms with Gasteiger partial charge in [0.2, 0.25) is 0 Å². The van der Waals surface area contributed by atoms with Gasteiger partial charge >= 0.3 is 45.2 Å². The molecule has 4 nitrogen and oxygen atoms in total. The Labute approximate surface area is 121 Å². The summed E-state index contributed by atoms with van der Waals surface area (Å²) in [7, 11) is 0.766. The van der Waals surface area contributed by atoms with Crippen molar-refractivity contribution in [2.45, 2.75) is 0 Å². The molecule has 0 aliphatic heterocycles. The molecule has 0 N–H and O–H groups in total. The van der Waals surface area contributed by atoms with Crippen LogP contribution in [0.1, 0.15) is 0 Å². The van der Waals surface area contributed by atoms with Gasteiger partial charge in [-0.15, -0.1) is 15.8 Å². The van der Waals surface area contributed by atoms with Crippen LogP contribution in [0.3, 0.4) is 0 Å². The minimum atomic E-state index is 0. The molecular formula is C10H16O4P2W. The Bertz CT molecular complexity index is 144. The molecule has 0 saturated heterocycles. The van der Waals surface area contributed by atoms with Gasteiger partial charge < -0.3 is 0 Å². The molecular weight excluding hydrogens is 430 g/mol. The summed E-state index contributed by atoms with van der Waals surface area (Å²) in [5.74, 6) is 0. The topological polar surface area (TPSA) is 79.6 Å². The molecule has 0 aromatic carbocycles. The van der Waals surface area contributed by atoms with E-state index in [1.54, 1.807) is 0 Å². The Morgan fingerprint density at radius 1 is 0.588 bits per heavy atom. The molecule has 0 fully saturated rings. The molecule has 0 amide bonds. The van der Waals surface area contributed by atoms with Crippen LogP contribution in [0.2, 0.25) is 0 Å². The van der Waals surface area contributed by atoms with Crippen LogP contribution < -0.4 is 0 Å². The third-order valence-electron chi connectivity index (χ3n) is 0.994. The SMILES string of the molecule is CP(C)CCP(C)C.[C-]#[O+].[C-]#[O+].[C-]#[O+].[C-]#[O+].[W]. The number of hydrogen-bond acceptors (Lipinski definition) is 0. The summed E-state index contributed by atoms with van der Waals surface area (Å²) in [6, 6.07) is 0. The zero-order valence-corrected chi connectivity index (χ0v) is 15.1. The summed E-state index contributed by atoms with van der Waals surface area (Å²) in [6.45, 7) is 27.4. The van der Waals surface area contributed by atoms with Gasteiger partial charge in [0.05, 0.1) is 0 Å². The Morgan fingerprint density at radius 2 is 0.706 bits per heavy atom. The maximum absolute atomic E-state index is 7.50. The Morgan fingerprint density at radius 3 is 0.765 bits per heavy atom. The fourth-order valence-electron chi connectivity index (χ4n) is 0.400. The Balaban J connectivity index is -0.0000000287. The normalized spacial score (nSPS) is 5.76. The van der Waals surface area contributed by atoms with Crippen LogP contribution in [0.5, 0.6) is 0 Å². The summed E-state index contributed by atoms with van der Waals surface area (Å²) in [4.78, 5) is 0. The van der Waals surface area contributed by atoms with Crippen LogP contribution in [0.4, 0.5) is 0 Å². The third kappa shape index (κ3) is 115. The van der Waals surface area contributed by atoms with E-state index in [0.29, 0.717) is 15.8 Å². The summed E-state index contributed by atoms with van der Waals surface area (Å²) < 4.78 is 30.0.